The van der Waals surface area contributed by atoms with E-state index in [9.17, 15) is 4.79 Å². The number of aliphatic hydroxyl groups is 1. The fourth-order valence-corrected chi connectivity index (χ4v) is 3.49. The van der Waals surface area contributed by atoms with Gasteiger partial charge < -0.3 is 10.2 Å². The average molecular weight is 261 g/mol. The number of nitrogens with zero attached hydrogens (tertiary/aromatic N) is 1. The van der Waals surface area contributed by atoms with Crippen molar-refractivity contribution in [3.8, 4) is 0 Å². The Morgan fingerprint density at radius 1 is 1.62 bits per heavy atom. The number of aliphatic hydroxyl groups excluding tert-OH is 1. The van der Waals surface area contributed by atoms with Crippen LogP contribution in [0.4, 0.5) is 0 Å². The molecule has 1 aromatic rings. The lowest BCUT2D eigenvalue weighted by Crippen LogP contribution is -1.99. The van der Waals surface area contributed by atoms with E-state index in [-0.39, 0.29) is 12.5 Å². The quantitative estimate of drug-likeness (QED) is 0.766. The summed E-state index contributed by atoms with van der Waals surface area (Å²) in [5.41, 5.74) is 0.798. The van der Waals surface area contributed by atoms with Gasteiger partial charge in [-0.2, -0.15) is 0 Å². The molecule has 0 amide bonds. The van der Waals surface area contributed by atoms with Crippen LogP contribution in [0.15, 0.2) is 4.34 Å². The molecule has 1 heterocycles. The van der Waals surface area contributed by atoms with Gasteiger partial charge in [-0.25, -0.2) is 4.98 Å². The summed E-state index contributed by atoms with van der Waals surface area (Å²) < 4.78 is 0.884. The standard InChI is InChI=1S/C10H15NO3S2/c1-6(12)3-4-15-10-11-7(2)8(16-10)5-9(13)14/h6,12H,3-5H2,1-2H3,(H,13,14). The Morgan fingerprint density at radius 2 is 2.31 bits per heavy atom. The minimum atomic E-state index is -0.827. The number of hydrogen-bond acceptors (Lipinski definition) is 5. The average Bonchev–Trinajstić information content (AvgIpc) is 2.45. The Kier molecular flexibility index (Phi) is 5.24. The molecular weight excluding hydrogens is 246 g/mol. The number of thiazole rings is 1. The van der Waals surface area contributed by atoms with E-state index in [0.29, 0.717) is 0 Å². The molecule has 0 aliphatic rings. The Morgan fingerprint density at radius 3 is 2.88 bits per heavy atom. The van der Waals surface area contributed by atoms with Gasteiger partial charge in [-0.3, -0.25) is 4.79 Å². The van der Waals surface area contributed by atoms with E-state index in [2.05, 4.69) is 4.98 Å². The van der Waals surface area contributed by atoms with Crippen LogP contribution >= 0.6 is 23.1 Å². The second kappa shape index (κ2) is 6.22. The molecule has 0 aliphatic heterocycles. The second-order valence-electron chi connectivity index (χ2n) is 3.55. The Labute approximate surface area is 103 Å². The second-order valence-corrected chi connectivity index (χ2v) is 5.97. The molecule has 4 nitrogen and oxygen atoms in total. The summed E-state index contributed by atoms with van der Waals surface area (Å²) >= 11 is 2.99. The molecule has 0 aromatic carbocycles. The number of aryl methyl sites for hydroxylation is 1. The molecule has 1 rings (SSSR count). The zero-order valence-corrected chi connectivity index (χ0v) is 10.9. The number of aliphatic carboxylic acids is 1. The third-order valence-electron chi connectivity index (χ3n) is 1.95. The molecule has 6 heteroatoms. The van der Waals surface area contributed by atoms with Crippen molar-refractivity contribution in [2.45, 2.75) is 37.1 Å². The SMILES string of the molecule is Cc1nc(SCCC(C)O)sc1CC(=O)O. The van der Waals surface area contributed by atoms with Gasteiger partial charge >= 0.3 is 5.97 Å². The molecule has 1 unspecified atom stereocenters. The molecule has 1 atom stereocenters. The molecule has 0 aliphatic carbocycles. The number of rotatable bonds is 6. The van der Waals surface area contributed by atoms with Crippen molar-refractivity contribution in [1.29, 1.82) is 0 Å². The van der Waals surface area contributed by atoms with E-state index in [0.717, 1.165) is 27.1 Å². The highest BCUT2D eigenvalue weighted by Crippen LogP contribution is 2.28. The predicted octanol–water partition coefficient (Wildman–Crippen LogP) is 1.94. The molecule has 0 bridgehead atoms. The summed E-state index contributed by atoms with van der Waals surface area (Å²) in [5.74, 6) is -0.0239. The highest BCUT2D eigenvalue weighted by atomic mass is 32.2. The summed E-state index contributed by atoms with van der Waals surface area (Å²) in [6, 6.07) is 0. The summed E-state index contributed by atoms with van der Waals surface area (Å²) in [6.07, 6.45) is 0.463. The molecule has 90 valence electrons. The third kappa shape index (κ3) is 4.51. The van der Waals surface area contributed by atoms with Gasteiger partial charge in [0.1, 0.15) is 4.34 Å². The van der Waals surface area contributed by atoms with Crippen LogP contribution in [0, 0.1) is 6.92 Å². The number of carboxylic acids is 1. The first-order valence-electron chi connectivity index (χ1n) is 4.98. The first-order chi connectivity index (χ1) is 7.49. The molecular formula is C10H15NO3S2. The summed E-state index contributed by atoms with van der Waals surface area (Å²) in [4.78, 5) is 15.7. The van der Waals surface area contributed by atoms with Crippen LogP contribution in [0.3, 0.4) is 0 Å². The minimum Gasteiger partial charge on any atom is -0.481 e. The fraction of sp³-hybridized carbons (Fsp3) is 0.600. The number of thioether (sulfide) groups is 1. The van der Waals surface area contributed by atoms with E-state index in [4.69, 9.17) is 10.2 Å². The van der Waals surface area contributed by atoms with Crippen molar-refractivity contribution in [2.24, 2.45) is 0 Å². The number of hydrogen-bond donors (Lipinski definition) is 2. The van der Waals surface area contributed by atoms with Crippen LogP contribution in [0.1, 0.15) is 23.9 Å². The first kappa shape index (κ1) is 13.5. The van der Waals surface area contributed by atoms with Crippen molar-refractivity contribution in [1.82, 2.24) is 4.98 Å². The van der Waals surface area contributed by atoms with E-state index in [1.165, 1.54) is 11.3 Å². The summed E-state index contributed by atoms with van der Waals surface area (Å²) in [5, 5.41) is 17.8. The van der Waals surface area contributed by atoms with Crippen molar-refractivity contribution >= 4 is 29.1 Å². The maximum Gasteiger partial charge on any atom is 0.308 e. The number of carbonyl (C=O) groups is 1. The van der Waals surface area contributed by atoms with Gasteiger partial charge in [-0.05, 0) is 20.3 Å². The Balaban J connectivity index is 2.52. The lowest BCUT2D eigenvalue weighted by Gasteiger charge is -2.00. The number of carboxylic acid groups (broad SMARTS) is 1. The topological polar surface area (TPSA) is 70.4 Å². The molecule has 0 saturated heterocycles. The monoisotopic (exact) mass is 261 g/mol. The van der Waals surface area contributed by atoms with Gasteiger partial charge in [-0.1, -0.05) is 11.8 Å². The van der Waals surface area contributed by atoms with Crippen molar-refractivity contribution in [3.63, 3.8) is 0 Å². The van der Waals surface area contributed by atoms with E-state index >= 15 is 0 Å². The Bertz CT molecular complexity index is 363. The Hall–Kier alpha value is -0.590. The molecule has 0 spiro atoms. The largest absolute Gasteiger partial charge is 0.481 e. The van der Waals surface area contributed by atoms with Crippen LogP contribution < -0.4 is 0 Å². The zero-order valence-electron chi connectivity index (χ0n) is 9.27. The zero-order chi connectivity index (χ0) is 12.1. The van der Waals surface area contributed by atoms with Gasteiger partial charge in [0, 0.05) is 10.6 Å². The fourth-order valence-electron chi connectivity index (χ4n) is 1.08. The van der Waals surface area contributed by atoms with Gasteiger partial charge in [0.15, 0.2) is 0 Å². The van der Waals surface area contributed by atoms with E-state index in [1.54, 1.807) is 18.7 Å². The van der Waals surface area contributed by atoms with Crippen LogP contribution in [0.25, 0.3) is 0 Å². The summed E-state index contributed by atoms with van der Waals surface area (Å²) in [7, 11) is 0. The van der Waals surface area contributed by atoms with Crippen LogP contribution in [0.2, 0.25) is 0 Å². The maximum absolute atomic E-state index is 10.6. The van der Waals surface area contributed by atoms with Crippen LogP contribution in [-0.4, -0.2) is 33.0 Å². The van der Waals surface area contributed by atoms with E-state index < -0.39 is 5.97 Å². The van der Waals surface area contributed by atoms with Crippen molar-refractivity contribution in [3.05, 3.63) is 10.6 Å². The molecule has 2 N–H and O–H groups in total. The van der Waals surface area contributed by atoms with Crippen LogP contribution in [-0.2, 0) is 11.2 Å². The predicted molar refractivity (Wildman–Crippen MR) is 65.2 cm³/mol. The van der Waals surface area contributed by atoms with Gasteiger partial charge in [0.25, 0.3) is 0 Å². The third-order valence-corrected chi connectivity index (χ3v) is 4.28. The number of aromatic nitrogens is 1. The van der Waals surface area contributed by atoms with Gasteiger partial charge in [0.05, 0.1) is 18.2 Å². The maximum atomic E-state index is 10.6. The van der Waals surface area contributed by atoms with Gasteiger partial charge in [0.2, 0.25) is 0 Å². The molecule has 1 aromatic heterocycles. The molecule has 16 heavy (non-hydrogen) atoms. The van der Waals surface area contributed by atoms with E-state index in [1.807, 2.05) is 6.92 Å². The first-order valence-corrected chi connectivity index (χ1v) is 6.78. The van der Waals surface area contributed by atoms with Crippen molar-refractivity contribution < 1.29 is 15.0 Å². The highest BCUT2D eigenvalue weighted by molar-refractivity contribution is 8.01. The van der Waals surface area contributed by atoms with Crippen LogP contribution in [0.5, 0.6) is 0 Å². The lowest BCUT2D eigenvalue weighted by molar-refractivity contribution is -0.136. The smallest absolute Gasteiger partial charge is 0.308 e. The summed E-state index contributed by atoms with van der Waals surface area (Å²) in [6.45, 7) is 3.58. The normalized spacial score (nSPS) is 12.7. The molecule has 0 radical (unpaired) electrons. The molecule has 0 fully saturated rings. The van der Waals surface area contributed by atoms with Crippen molar-refractivity contribution in [2.75, 3.05) is 5.75 Å². The lowest BCUT2D eigenvalue weighted by atomic mass is 10.3. The highest BCUT2D eigenvalue weighted by Gasteiger charge is 2.11. The molecule has 0 saturated carbocycles. The minimum absolute atomic E-state index is 0.0421. The van der Waals surface area contributed by atoms with Gasteiger partial charge in [-0.15, -0.1) is 11.3 Å².